The van der Waals surface area contributed by atoms with E-state index in [4.69, 9.17) is 9.84 Å². The van der Waals surface area contributed by atoms with Crippen molar-refractivity contribution in [1.29, 1.82) is 0 Å². The lowest BCUT2D eigenvalue weighted by atomic mass is 10.0. The van der Waals surface area contributed by atoms with Crippen molar-refractivity contribution in [3.63, 3.8) is 0 Å². The number of aromatic nitrogens is 3. The first kappa shape index (κ1) is 31.2. The SMILES string of the molecule is CCOc1ccc(-n2c(CNC(=O)c3cccc(C)c3)nnc2SCC(=O)N2N=C(c3cccs3)C[C@@H]2c2ccc(F)cc2)cc1. The van der Waals surface area contributed by atoms with Gasteiger partial charge in [0, 0.05) is 17.7 Å². The zero-order valence-electron chi connectivity index (χ0n) is 25.2. The molecular formula is C34H31FN6O3S2. The van der Waals surface area contributed by atoms with Crippen LogP contribution in [0.1, 0.15) is 51.6 Å². The van der Waals surface area contributed by atoms with Gasteiger partial charge in [-0.3, -0.25) is 14.2 Å². The summed E-state index contributed by atoms with van der Waals surface area (Å²) in [7, 11) is 0. The summed E-state index contributed by atoms with van der Waals surface area (Å²) in [5.41, 5.74) is 3.91. The second kappa shape index (κ2) is 14.1. The van der Waals surface area contributed by atoms with Crippen LogP contribution in [0, 0.1) is 12.7 Å². The number of carbonyl (C=O) groups is 2. The van der Waals surface area contributed by atoms with Gasteiger partial charge >= 0.3 is 0 Å². The molecule has 0 radical (unpaired) electrons. The maximum atomic E-state index is 13.8. The molecule has 234 valence electrons. The number of benzene rings is 3. The van der Waals surface area contributed by atoms with E-state index in [0.717, 1.165) is 33.2 Å². The normalized spacial score (nSPS) is 14.3. The van der Waals surface area contributed by atoms with Gasteiger partial charge in [0.05, 0.1) is 35.5 Å². The molecular weight excluding hydrogens is 624 g/mol. The quantitative estimate of drug-likeness (QED) is 0.162. The maximum absolute atomic E-state index is 13.8. The Morgan fingerprint density at radius 1 is 1.04 bits per heavy atom. The number of aryl methyl sites for hydroxylation is 1. The van der Waals surface area contributed by atoms with Crippen LogP contribution in [0.3, 0.4) is 0 Å². The van der Waals surface area contributed by atoms with E-state index in [0.29, 0.717) is 29.6 Å². The fraction of sp³-hybridized carbons (Fsp3) is 0.206. The zero-order valence-corrected chi connectivity index (χ0v) is 26.9. The number of hydrogen-bond donors (Lipinski definition) is 1. The predicted octanol–water partition coefficient (Wildman–Crippen LogP) is 6.58. The van der Waals surface area contributed by atoms with E-state index >= 15 is 0 Å². The molecule has 5 aromatic rings. The topological polar surface area (TPSA) is 102 Å². The lowest BCUT2D eigenvalue weighted by Gasteiger charge is -2.22. The highest BCUT2D eigenvalue weighted by Crippen LogP contribution is 2.35. The summed E-state index contributed by atoms with van der Waals surface area (Å²) in [6, 6.07) is 24.6. The Hall–Kier alpha value is -4.81. The predicted molar refractivity (Wildman–Crippen MR) is 177 cm³/mol. The van der Waals surface area contributed by atoms with Crippen molar-refractivity contribution < 1.29 is 18.7 Å². The summed E-state index contributed by atoms with van der Waals surface area (Å²) in [4.78, 5) is 27.6. The number of hydrazone groups is 1. The Balaban J connectivity index is 1.24. The molecule has 3 aromatic carbocycles. The first-order valence-corrected chi connectivity index (χ1v) is 16.6. The van der Waals surface area contributed by atoms with Crippen LogP contribution in [-0.2, 0) is 11.3 Å². The first-order valence-electron chi connectivity index (χ1n) is 14.7. The van der Waals surface area contributed by atoms with E-state index in [1.165, 1.54) is 28.9 Å². The molecule has 9 nitrogen and oxygen atoms in total. The summed E-state index contributed by atoms with van der Waals surface area (Å²) in [5, 5.41) is 20.4. The average Bonchev–Trinajstić information content (AvgIpc) is 3.84. The fourth-order valence-corrected chi connectivity index (χ4v) is 6.69. The minimum atomic E-state index is -0.359. The molecule has 2 amide bonds. The van der Waals surface area contributed by atoms with Crippen LogP contribution in [0.5, 0.6) is 5.75 Å². The Labute approximate surface area is 274 Å². The molecule has 0 fully saturated rings. The van der Waals surface area contributed by atoms with E-state index in [9.17, 15) is 14.0 Å². The van der Waals surface area contributed by atoms with Crippen molar-refractivity contribution >= 4 is 40.6 Å². The van der Waals surface area contributed by atoms with Gasteiger partial charge in [-0.1, -0.05) is 47.7 Å². The van der Waals surface area contributed by atoms with E-state index in [2.05, 4.69) is 15.5 Å². The number of thioether (sulfide) groups is 1. The summed E-state index contributed by atoms with van der Waals surface area (Å²) >= 11 is 2.79. The van der Waals surface area contributed by atoms with Crippen molar-refractivity contribution in [2.24, 2.45) is 5.10 Å². The van der Waals surface area contributed by atoms with Gasteiger partial charge in [-0.15, -0.1) is 21.5 Å². The average molecular weight is 655 g/mol. The monoisotopic (exact) mass is 654 g/mol. The van der Waals surface area contributed by atoms with Crippen LogP contribution < -0.4 is 10.1 Å². The standard InChI is InChI=1S/C34H31FN6O3S2/c1-3-44-27-15-13-26(14-16-27)40-31(20-36-33(43)24-7-4-6-22(2)18-24)37-38-34(40)46-21-32(42)41-29(23-9-11-25(35)12-10-23)19-28(39-41)30-8-5-17-45-30/h4-18,29H,3,19-21H2,1-2H3,(H,36,43)/t29-/m1/s1. The number of ether oxygens (including phenoxy) is 1. The van der Waals surface area contributed by atoms with E-state index in [-0.39, 0.29) is 36.0 Å². The van der Waals surface area contributed by atoms with Crippen LogP contribution in [-0.4, -0.2) is 49.7 Å². The minimum absolute atomic E-state index is 0.0315. The second-order valence-corrected chi connectivity index (χ2v) is 12.4. The Kier molecular flexibility index (Phi) is 9.55. The summed E-state index contributed by atoms with van der Waals surface area (Å²) < 4.78 is 21.2. The van der Waals surface area contributed by atoms with Crippen molar-refractivity contribution in [3.8, 4) is 11.4 Å². The van der Waals surface area contributed by atoms with Gasteiger partial charge in [0.2, 0.25) is 0 Å². The van der Waals surface area contributed by atoms with E-state index < -0.39 is 0 Å². The highest BCUT2D eigenvalue weighted by molar-refractivity contribution is 7.99. The molecule has 3 heterocycles. The fourth-order valence-electron chi connectivity index (χ4n) is 5.14. The molecule has 0 saturated carbocycles. The zero-order chi connectivity index (χ0) is 32.0. The lowest BCUT2D eigenvalue weighted by Crippen LogP contribution is -2.28. The number of rotatable bonds is 11. The number of halogens is 1. The molecule has 46 heavy (non-hydrogen) atoms. The Morgan fingerprint density at radius 3 is 2.57 bits per heavy atom. The number of thiophene rings is 1. The molecule has 2 aromatic heterocycles. The molecule has 1 atom stereocenters. The van der Waals surface area contributed by atoms with Gasteiger partial charge in [0.15, 0.2) is 11.0 Å². The van der Waals surface area contributed by atoms with Crippen LogP contribution >= 0.6 is 23.1 Å². The number of amides is 2. The summed E-state index contributed by atoms with van der Waals surface area (Å²) in [5.74, 6) is 0.468. The summed E-state index contributed by atoms with van der Waals surface area (Å²) in [6.45, 7) is 4.51. The molecule has 0 aliphatic carbocycles. The Bertz CT molecular complexity index is 1860. The molecule has 1 aliphatic rings. The third kappa shape index (κ3) is 7.03. The number of carbonyl (C=O) groups excluding carboxylic acids is 2. The van der Waals surface area contributed by atoms with Crippen LogP contribution in [0.2, 0.25) is 0 Å². The molecule has 1 N–H and O–H groups in total. The van der Waals surface area contributed by atoms with E-state index in [1.54, 1.807) is 29.5 Å². The minimum Gasteiger partial charge on any atom is -0.494 e. The third-order valence-corrected chi connectivity index (χ3v) is 9.18. The van der Waals surface area contributed by atoms with Gasteiger partial charge in [-0.2, -0.15) is 5.10 Å². The van der Waals surface area contributed by atoms with Gasteiger partial charge in [-0.05, 0) is 79.4 Å². The van der Waals surface area contributed by atoms with Crippen molar-refractivity contribution in [2.75, 3.05) is 12.4 Å². The van der Waals surface area contributed by atoms with Crippen molar-refractivity contribution in [3.05, 3.63) is 124 Å². The van der Waals surface area contributed by atoms with Gasteiger partial charge in [0.1, 0.15) is 11.6 Å². The Morgan fingerprint density at radius 2 is 1.85 bits per heavy atom. The van der Waals surface area contributed by atoms with Gasteiger partial charge < -0.3 is 10.1 Å². The largest absolute Gasteiger partial charge is 0.494 e. The van der Waals surface area contributed by atoms with Crippen LogP contribution in [0.4, 0.5) is 4.39 Å². The highest BCUT2D eigenvalue weighted by Gasteiger charge is 2.33. The lowest BCUT2D eigenvalue weighted by molar-refractivity contribution is -0.130. The molecule has 1 aliphatic heterocycles. The third-order valence-electron chi connectivity index (χ3n) is 7.34. The molecule has 0 saturated heterocycles. The van der Waals surface area contributed by atoms with Crippen molar-refractivity contribution in [2.45, 2.75) is 38.0 Å². The van der Waals surface area contributed by atoms with Crippen LogP contribution in [0.25, 0.3) is 5.69 Å². The maximum Gasteiger partial charge on any atom is 0.253 e. The molecule has 0 unspecified atom stereocenters. The molecule has 0 spiro atoms. The van der Waals surface area contributed by atoms with Gasteiger partial charge in [-0.25, -0.2) is 9.40 Å². The first-order chi connectivity index (χ1) is 22.4. The summed E-state index contributed by atoms with van der Waals surface area (Å²) in [6.07, 6.45) is 0.524. The smallest absolute Gasteiger partial charge is 0.253 e. The van der Waals surface area contributed by atoms with Crippen molar-refractivity contribution in [1.82, 2.24) is 25.1 Å². The molecule has 0 bridgehead atoms. The van der Waals surface area contributed by atoms with Crippen LogP contribution in [0.15, 0.2) is 101 Å². The molecule has 6 rings (SSSR count). The number of nitrogens with one attached hydrogen (secondary N) is 1. The second-order valence-electron chi connectivity index (χ2n) is 10.5. The van der Waals surface area contributed by atoms with E-state index in [1.807, 2.05) is 78.4 Å². The number of nitrogens with zero attached hydrogens (tertiary/aromatic N) is 5. The number of hydrogen-bond acceptors (Lipinski definition) is 8. The highest BCUT2D eigenvalue weighted by atomic mass is 32.2. The van der Waals surface area contributed by atoms with Gasteiger partial charge in [0.25, 0.3) is 11.8 Å². The molecule has 12 heteroatoms.